The van der Waals surface area contributed by atoms with Crippen LogP contribution in [0.15, 0.2) is 12.3 Å². The quantitative estimate of drug-likeness (QED) is 0.170. The molecule has 5 atom stereocenters. The highest BCUT2D eigenvalue weighted by Crippen LogP contribution is 2.65. The molecule has 0 bridgehead atoms. The van der Waals surface area contributed by atoms with E-state index in [4.69, 9.17) is 31.2 Å². The van der Waals surface area contributed by atoms with Crippen LogP contribution in [-0.4, -0.2) is 64.5 Å². The molecule has 0 aromatic carbocycles. The van der Waals surface area contributed by atoms with Crippen LogP contribution in [0.1, 0.15) is 52.4 Å². The highest BCUT2D eigenvalue weighted by Gasteiger charge is 2.99. The van der Waals surface area contributed by atoms with Crippen LogP contribution >= 0.6 is 11.6 Å². The smallest absolute Gasteiger partial charge is 0.432 e. The molecular formula is C20H28ClFN3O6+. The number of amides is 2. The Hall–Kier alpha value is -2.04. The normalized spacial score (nSPS) is 35.6. The van der Waals surface area contributed by atoms with Crippen LogP contribution in [-0.2, 0) is 23.8 Å². The molecular weight excluding hydrogens is 433 g/mol. The van der Waals surface area contributed by atoms with Gasteiger partial charge in [-0.05, 0) is 12.8 Å². The lowest BCUT2D eigenvalue weighted by molar-refractivity contribution is -0.747. The zero-order valence-electron chi connectivity index (χ0n) is 17.6. The summed E-state index contributed by atoms with van der Waals surface area (Å²) in [6, 6.07) is -0.808. The topological polar surface area (TPSA) is 115 Å². The van der Waals surface area contributed by atoms with Crippen molar-refractivity contribution in [1.82, 2.24) is 5.32 Å². The monoisotopic (exact) mass is 460 g/mol. The number of amidine groups is 1. The predicted molar refractivity (Wildman–Crippen MR) is 108 cm³/mol. The van der Waals surface area contributed by atoms with Crippen molar-refractivity contribution in [3.63, 3.8) is 0 Å². The Bertz CT molecular complexity index is 810. The predicted octanol–water partition coefficient (Wildman–Crippen LogP) is 2.87. The molecule has 3 aliphatic heterocycles. The summed E-state index contributed by atoms with van der Waals surface area (Å²) in [5.74, 6) is -4.10. The van der Waals surface area contributed by atoms with E-state index in [1.807, 2.05) is 13.8 Å². The Labute approximate surface area is 184 Å². The molecule has 172 valence electrons. The van der Waals surface area contributed by atoms with E-state index in [0.717, 1.165) is 12.8 Å². The molecule has 0 aromatic rings. The summed E-state index contributed by atoms with van der Waals surface area (Å²) in [4.78, 5) is 37.0. The number of halogens is 2. The molecule has 2 amide bonds. The summed E-state index contributed by atoms with van der Waals surface area (Å²) >= 11 is 6.14. The molecule has 1 unspecified atom stereocenters. The van der Waals surface area contributed by atoms with Crippen LogP contribution < -0.4 is 5.32 Å². The number of fused-ring (bicyclic) bond motifs is 3. The number of nitrogens with one attached hydrogen (secondary N) is 2. The molecule has 0 aromatic heterocycles. The van der Waals surface area contributed by atoms with E-state index in [1.54, 1.807) is 0 Å². The van der Waals surface area contributed by atoms with E-state index < -0.39 is 52.8 Å². The van der Waals surface area contributed by atoms with Crippen molar-refractivity contribution < 1.29 is 37.5 Å². The third-order valence-corrected chi connectivity index (χ3v) is 6.34. The van der Waals surface area contributed by atoms with E-state index >= 15 is 4.39 Å². The fourth-order valence-corrected chi connectivity index (χ4v) is 4.33. The van der Waals surface area contributed by atoms with Crippen LogP contribution in [0.25, 0.3) is 0 Å². The Morgan fingerprint density at radius 2 is 1.94 bits per heavy atom. The van der Waals surface area contributed by atoms with Gasteiger partial charge in [-0.1, -0.05) is 26.7 Å². The van der Waals surface area contributed by atoms with E-state index in [-0.39, 0.29) is 24.6 Å². The molecule has 2 saturated heterocycles. The summed E-state index contributed by atoms with van der Waals surface area (Å²) < 4.78 is 32.1. The molecule has 0 radical (unpaired) electrons. The van der Waals surface area contributed by atoms with Gasteiger partial charge in [0.05, 0.1) is 5.88 Å². The number of hydrogen-bond acceptors (Lipinski definition) is 7. The van der Waals surface area contributed by atoms with Crippen molar-refractivity contribution >= 4 is 35.4 Å². The highest BCUT2D eigenvalue weighted by molar-refractivity contribution is 6.18. The molecule has 0 aliphatic carbocycles. The molecule has 3 aliphatic rings. The Kier molecular flexibility index (Phi) is 6.73. The lowest BCUT2D eigenvalue weighted by Crippen LogP contribution is -2.62. The second kappa shape index (κ2) is 8.84. The number of ether oxygens (including phenoxy) is 3. The average Bonchev–Trinajstić information content (AvgIpc) is 3.14. The first kappa shape index (κ1) is 23.6. The summed E-state index contributed by atoms with van der Waals surface area (Å²) in [6.45, 7) is 3.42. The lowest BCUT2D eigenvalue weighted by atomic mass is 9.97. The first-order valence-corrected chi connectivity index (χ1v) is 11.0. The van der Waals surface area contributed by atoms with E-state index in [1.165, 1.54) is 12.3 Å². The molecule has 11 heteroatoms. The average molecular weight is 461 g/mol. The number of unbranched alkanes of at least 4 members (excludes halogenated alkanes) is 2. The second-order valence-electron chi connectivity index (χ2n) is 8.07. The summed E-state index contributed by atoms with van der Waals surface area (Å²) in [7, 11) is 0. The van der Waals surface area contributed by atoms with Gasteiger partial charge >= 0.3 is 30.0 Å². The van der Waals surface area contributed by atoms with Gasteiger partial charge in [0.2, 0.25) is 6.10 Å². The minimum Gasteiger partial charge on any atom is -0.462 e. The molecule has 3 rings (SSSR count). The second-order valence-corrected chi connectivity index (χ2v) is 8.34. The third kappa shape index (κ3) is 3.74. The van der Waals surface area contributed by atoms with E-state index in [2.05, 4.69) is 5.32 Å². The zero-order chi connectivity index (χ0) is 22.9. The van der Waals surface area contributed by atoms with Gasteiger partial charge in [-0.3, -0.25) is 20.3 Å². The van der Waals surface area contributed by atoms with Crippen LogP contribution in [0.3, 0.4) is 0 Å². The van der Waals surface area contributed by atoms with Gasteiger partial charge in [0.25, 0.3) is 0 Å². The number of carbonyl (C=O) groups excluding carboxylic acids is 3. The Balaban J connectivity index is 1.87. The maximum absolute atomic E-state index is 16.3. The van der Waals surface area contributed by atoms with Crippen LogP contribution in [0.4, 0.5) is 9.18 Å². The number of nitrogens with zero attached hydrogens (tertiary/aromatic N) is 1. The molecule has 2 fully saturated rings. The molecule has 9 nitrogen and oxygen atoms in total. The standard InChI is InChI=1S/C20H27ClFN3O6/c1-3-5-7-14(26)29-12-19(11-21)16(30-15(27)8-6-4-2)20(22)17(31-19)25(20)10-9-13(23)24-18(25)28/h9-10,16-17H,3-8,11-12H2,1-2H3,(H-,23,24,28)/p+1/t16-,17-,19-,20+,25?/m1/s1. The lowest BCUT2D eigenvalue weighted by Gasteiger charge is -2.36. The van der Waals surface area contributed by atoms with Gasteiger partial charge in [-0.15, -0.1) is 16.1 Å². The van der Waals surface area contributed by atoms with Gasteiger partial charge in [0.1, 0.15) is 18.6 Å². The van der Waals surface area contributed by atoms with Crippen LogP contribution in [0, 0.1) is 5.41 Å². The Morgan fingerprint density at radius 1 is 1.29 bits per heavy atom. The minimum atomic E-state index is -2.45. The first-order chi connectivity index (χ1) is 14.7. The van der Waals surface area contributed by atoms with Crippen molar-refractivity contribution in [3.8, 4) is 0 Å². The van der Waals surface area contributed by atoms with Crippen molar-refractivity contribution in [2.24, 2.45) is 0 Å². The SMILES string of the molecule is CCCCC(=O)OC[C@@]1(CCl)O[C@@H]2[C@](F)([C@@H]1OC(=O)CCCC)[N+]21C=CC(=N)NC1=O. The van der Waals surface area contributed by atoms with Crippen molar-refractivity contribution in [3.05, 3.63) is 12.3 Å². The minimum absolute atomic E-state index is 0.0646. The Morgan fingerprint density at radius 3 is 2.52 bits per heavy atom. The molecule has 1 spiro atoms. The summed E-state index contributed by atoms with van der Waals surface area (Å²) in [5.41, 5.74) is -1.63. The third-order valence-electron chi connectivity index (χ3n) is 5.88. The number of rotatable bonds is 10. The van der Waals surface area contributed by atoms with Crippen molar-refractivity contribution in [2.45, 2.75) is 76.1 Å². The number of esters is 2. The number of urea groups is 1. The molecule has 0 saturated carbocycles. The van der Waals surface area contributed by atoms with E-state index in [9.17, 15) is 14.4 Å². The van der Waals surface area contributed by atoms with Crippen molar-refractivity contribution in [2.75, 3.05) is 12.5 Å². The fourth-order valence-electron chi connectivity index (χ4n) is 4.05. The number of carbonyl (C=O) groups is 3. The van der Waals surface area contributed by atoms with Crippen LogP contribution in [0.5, 0.6) is 0 Å². The van der Waals surface area contributed by atoms with Gasteiger partial charge in [-0.25, -0.2) is 4.79 Å². The summed E-state index contributed by atoms with van der Waals surface area (Å²) in [5, 5.41) is 9.82. The maximum Gasteiger partial charge on any atom is 0.432 e. The molecule has 2 N–H and O–H groups in total. The maximum atomic E-state index is 16.3. The van der Waals surface area contributed by atoms with Gasteiger partial charge in [0, 0.05) is 18.9 Å². The fraction of sp³-hybridized carbons (Fsp3) is 0.700. The number of quaternary nitrogens is 1. The van der Waals surface area contributed by atoms with Crippen molar-refractivity contribution in [1.29, 1.82) is 5.41 Å². The highest BCUT2D eigenvalue weighted by atomic mass is 35.5. The molecule has 3 heterocycles. The molecule has 31 heavy (non-hydrogen) atoms. The van der Waals surface area contributed by atoms with Gasteiger partial charge < -0.3 is 14.2 Å². The number of alkyl halides is 2. The van der Waals surface area contributed by atoms with Crippen LogP contribution in [0.2, 0.25) is 0 Å². The van der Waals surface area contributed by atoms with Gasteiger partial charge in [0.15, 0.2) is 5.60 Å². The van der Waals surface area contributed by atoms with Gasteiger partial charge in [-0.2, -0.15) is 4.39 Å². The zero-order valence-corrected chi connectivity index (χ0v) is 18.4. The number of hydrogen-bond donors (Lipinski definition) is 2. The van der Waals surface area contributed by atoms with E-state index in [0.29, 0.717) is 12.8 Å². The summed E-state index contributed by atoms with van der Waals surface area (Å²) in [6.07, 6.45) is 2.52. The largest absolute Gasteiger partial charge is 0.462 e. The first-order valence-electron chi connectivity index (χ1n) is 10.5.